The van der Waals surface area contributed by atoms with Crippen LogP contribution in [-0.2, 0) is 4.79 Å². The average molecular weight is 464 g/mol. The van der Waals surface area contributed by atoms with Gasteiger partial charge in [0.15, 0.2) is 11.6 Å². The maximum atomic E-state index is 13.9. The third-order valence-corrected chi connectivity index (χ3v) is 7.39. The van der Waals surface area contributed by atoms with Crippen molar-refractivity contribution in [3.05, 3.63) is 118 Å². The zero-order valence-electron chi connectivity index (χ0n) is 20.1. The molecule has 0 saturated heterocycles. The minimum atomic E-state index is -0.522. The number of rotatable bonds is 2. The molecule has 1 atom stereocenters. The summed E-state index contributed by atoms with van der Waals surface area (Å²) in [6.45, 7) is 6.28. The highest BCUT2D eigenvalue weighted by Crippen LogP contribution is 2.56. The molecule has 2 aliphatic carbocycles. The average Bonchev–Trinajstić information content (AvgIpc) is 3.11. The number of halogens is 1. The molecule has 6 rings (SSSR count). The Balaban J connectivity index is 1.69. The lowest BCUT2D eigenvalue weighted by molar-refractivity contribution is -0.118. The van der Waals surface area contributed by atoms with Gasteiger partial charge in [-0.05, 0) is 48.6 Å². The van der Waals surface area contributed by atoms with Gasteiger partial charge >= 0.3 is 0 Å². The first-order chi connectivity index (χ1) is 16.7. The lowest BCUT2D eigenvalue weighted by atomic mass is 9.68. The molecule has 3 nitrogen and oxygen atoms in total. The minimum absolute atomic E-state index is 0.0537. The van der Waals surface area contributed by atoms with E-state index in [1.54, 1.807) is 12.1 Å². The molecule has 1 heterocycles. The molecule has 174 valence electrons. The van der Waals surface area contributed by atoms with Gasteiger partial charge in [-0.25, -0.2) is 4.39 Å². The van der Waals surface area contributed by atoms with Gasteiger partial charge < -0.3 is 4.90 Å². The summed E-state index contributed by atoms with van der Waals surface area (Å²) in [6, 6.07) is 22.1. The molecule has 3 aromatic rings. The summed E-state index contributed by atoms with van der Waals surface area (Å²) in [6.07, 6.45) is 1.11. The standard InChI is InChI=1S/C31H26FNO2/c1-18-8-14-21(15-9-18)33-24-16-31(2,3)17-25(34)27(24)26(19-10-12-20(32)13-11-19)28-29(33)22-6-4-5-7-23(22)30(28)35/h4-15,26H,16-17H2,1-3H3. The Labute approximate surface area is 204 Å². The highest BCUT2D eigenvalue weighted by atomic mass is 19.1. The summed E-state index contributed by atoms with van der Waals surface area (Å²) in [5, 5.41) is 0. The topological polar surface area (TPSA) is 37.4 Å². The molecule has 35 heavy (non-hydrogen) atoms. The Hall–Kier alpha value is -3.79. The molecule has 0 fully saturated rings. The Morgan fingerprint density at radius 2 is 1.49 bits per heavy atom. The van der Waals surface area contributed by atoms with Crippen LogP contribution in [0.25, 0.3) is 5.70 Å². The summed E-state index contributed by atoms with van der Waals surface area (Å²) in [7, 11) is 0. The van der Waals surface area contributed by atoms with Crippen LogP contribution in [0.5, 0.6) is 0 Å². The molecule has 0 N–H and O–H groups in total. The van der Waals surface area contributed by atoms with E-state index in [2.05, 4.69) is 43.0 Å². The Bertz CT molecular complexity index is 1460. The van der Waals surface area contributed by atoms with E-state index in [1.807, 2.05) is 31.2 Å². The number of ketones is 2. The molecule has 0 bridgehead atoms. The number of nitrogens with zero attached hydrogens (tertiary/aromatic N) is 1. The van der Waals surface area contributed by atoms with Gasteiger partial charge in [0, 0.05) is 46.0 Å². The van der Waals surface area contributed by atoms with E-state index in [4.69, 9.17) is 0 Å². The molecule has 0 spiro atoms. The SMILES string of the molecule is Cc1ccc(N2C3=C(C(=O)CC(C)(C)C3)C(c3ccc(F)cc3)C3=C2c2ccccc2C3=O)cc1. The van der Waals surface area contributed by atoms with Gasteiger partial charge in [0.05, 0.1) is 5.70 Å². The number of fused-ring (bicyclic) bond motifs is 2. The number of carbonyl (C=O) groups excluding carboxylic acids is 2. The second-order valence-electron chi connectivity index (χ2n) is 10.6. The Morgan fingerprint density at radius 1 is 0.829 bits per heavy atom. The van der Waals surface area contributed by atoms with Crippen molar-refractivity contribution in [2.45, 2.75) is 39.5 Å². The molecule has 3 aromatic carbocycles. The fourth-order valence-corrected chi connectivity index (χ4v) is 5.87. The maximum Gasteiger partial charge on any atom is 0.192 e. The number of anilines is 1. The molecule has 0 aromatic heterocycles. The fourth-order valence-electron chi connectivity index (χ4n) is 5.87. The van der Waals surface area contributed by atoms with Crippen molar-refractivity contribution in [2.24, 2.45) is 5.41 Å². The molecule has 0 amide bonds. The number of aryl methyl sites for hydroxylation is 1. The van der Waals surface area contributed by atoms with E-state index in [1.165, 1.54) is 12.1 Å². The normalized spacial score (nSPS) is 20.7. The summed E-state index contributed by atoms with van der Waals surface area (Å²) in [5.41, 5.74) is 7.19. The maximum absolute atomic E-state index is 13.9. The van der Waals surface area contributed by atoms with E-state index in [0.29, 0.717) is 29.6 Å². The number of allylic oxidation sites excluding steroid dienone is 3. The molecular formula is C31H26FNO2. The summed E-state index contributed by atoms with van der Waals surface area (Å²) in [5.74, 6) is -0.874. The summed E-state index contributed by atoms with van der Waals surface area (Å²) in [4.78, 5) is 29.9. The van der Waals surface area contributed by atoms with E-state index in [9.17, 15) is 14.0 Å². The number of Topliss-reactive ketones (excluding diaryl/α,β-unsaturated/α-hetero) is 2. The van der Waals surface area contributed by atoms with E-state index >= 15 is 0 Å². The van der Waals surface area contributed by atoms with Crippen LogP contribution in [-0.4, -0.2) is 11.6 Å². The lowest BCUT2D eigenvalue weighted by Crippen LogP contribution is -2.39. The second kappa shape index (κ2) is 7.61. The van der Waals surface area contributed by atoms with Crippen molar-refractivity contribution < 1.29 is 14.0 Å². The van der Waals surface area contributed by atoms with Crippen LogP contribution in [0.3, 0.4) is 0 Å². The molecule has 3 aliphatic rings. The predicted molar refractivity (Wildman–Crippen MR) is 136 cm³/mol. The summed E-state index contributed by atoms with van der Waals surface area (Å²) >= 11 is 0. The van der Waals surface area contributed by atoms with Crippen LogP contribution < -0.4 is 4.90 Å². The van der Waals surface area contributed by atoms with Gasteiger partial charge in [-0.2, -0.15) is 0 Å². The molecule has 1 unspecified atom stereocenters. The third-order valence-electron chi connectivity index (χ3n) is 7.39. The van der Waals surface area contributed by atoms with Crippen LogP contribution >= 0.6 is 0 Å². The quantitative estimate of drug-likeness (QED) is 0.411. The first-order valence-corrected chi connectivity index (χ1v) is 12.0. The number of carbonyl (C=O) groups is 2. The van der Waals surface area contributed by atoms with Gasteiger partial charge in [0.2, 0.25) is 0 Å². The van der Waals surface area contributed by atoms with Crippen LogP contribution in [0.15, 0.2) is 89.6 Å². The zero-order valence-corrected chi connectivity index (χ0v) is 20.1. The van der Waals surface area contributed by atoms with Gasteiger partial charge in [0.25, 0.3) is 0 Å². The van der Waals surface area contributed by atoms with Crippen molar-refractivity contribution in [2.75, 3.05) is 4.90 Å². The van der Waals surface area contributed by atoms with Crippen LogP contribution in [0, 0.1) is 18.2 Å². The zero-order chi connectivity index (χ0) is 24.5. The highest BCUT2D eigenvalue weighted by Gasteiger charge is 2.49. The number of hydrogen-bond donors (Lipinski definition) is 0. The molecular weight excluding hydrogens is 437 g/mol. The van der Waals surface area contributed by atoms with Crippen molar-refractivity contribution in [3.63, 3.8) is 0 Å². The van der Waals surface area contributed by atoms with E-state index < -0.39 is 5.92 Å². The largest absolute Gasteiger partial charge is 0.313 e. The van der Waals surface area contributed by atoms with Crippen molar-refractivity contribution in [1.29, 1.82) is 0 Å². The predicted octanol–water partition coefficient (Wildman–Crippen LogP) is 6.99. The first kappa shape index (κ1) is 21.7. The minimum Gasteiger partial charge on any atom is -0.313 e. The smallest absolute Gasteiger partial charge is 0.192 e. The second-order valence-corrected chi connectivity index (χ2v) is 10.6. The molecule has 0 saturated carbocycles. The third kappa shape index (κ3) is 3.31. The van der Waals surface area contributed by atoms with Crippen molar-refractivity contribution >= 4 is 23.0 Å². The van der Waals surface area contributed by atoms with Gasteiger partial charge in [0.1, 0.15) is 5.82 Å². The monoisotopic (exact) mass is 463 g/mol. The molecule has 4 heteroatoms. The lowest BCUT2D eigenvalue weighted by Gasteiger charge is -2.44. The van der Waals surface area contributed by atoms with Crippen molar-refractivity contribution in [3.8, 4) is 0 Å². The summed E-state index contributed by atoms with van der Waals surface area (Å²) < 4.78 is 13.9. The van der Waals surface area contributed by atoms with Gasteiger partial charge in [-0.1, -0.05) is 67.9 Å². The van der Waals surface area contributed by atoms with Crippen LogP contribution in [0.4, 0.5) is 10.1 Å². The van der Waals surface area contributed by atoms with E-state index in [0.717, 1.165) is 33.8 Å². The van der Waals surface area contributed by atoms with Gasteiger partial charge in [-0.15, -0.1) is 0 Å². The van der Waals surface area contributed by atoms with Gasteiger partial charge in [-0.3, -0.25) is 9.59 Å². The van der Waals surface area contributed by atoms with Crippen LogP contribution in [0.2, 0.25) is 0 Å². The Kier molecular flexibility index (Phi) is 4.72. The van der Waals surface area contributed by atoms with E-state index in [-0.39, 0.29) is 22.8 Å². The molecule has 0 radical (unpaired) electrons. The first-order valence-electron chi connectivity index (χ1n) is 12.0. The Morgan fingerprint density at radius 3 is 2.17 bits per heavy atom. The molecule has 1 aliphatic heterocycles. The highest BCUT2D eigenvalue weighted by molar-refractivity contribution is 6.25. The number of benzene rings is 3. The van der Waals surface area contributed by atoms with Crippen LogP contribution in [0.1, 0.15) is 59.7 Å². The number of hydrogen-bond acceptors (Lipinski definition) is 3. The van der Waals surface area contributed by atoms with Crippen molar-refractivity contribution in [1.82, 2.24) is 0 Å². The fraction of sp³-hybridized carbons (Fsp3) is 0.226.